The lowest BCUT2D eigenvalue weighted by molar-refractivity contribution is -0.0551. The van der Waals surface area contributed by atoms with E-state index in [1.165, 1.54) is 16.8 Å². The summed E-state index contributed by atoms with van der Waals surface area (Å²) in [4.78, 5) is 15.1. The van der Waals surface area contributed by atoms with E-state index in [-0.39, 0.29) is 18.5 Å². The van der Waals surface area contributed by atoms with Gasteiger partial charge in [-0.05, 0) is 13.0 Å². The minimum Gasteiger partial charge on any atom is -0.394 e. The molecule has 0 spiro atoms. The van der Waals surface area contributed by atoms with Crippen molar-refractivity contribution in [3.8, 4) is 0 Å². The fraction of sp³-hybridized carbons (Fsp3) is 0.556. The van der Waals surface area contributed by atoms with Crippen LogP contribution in [0.4, 0.5) is 5.82 Å². The summed E-state index contributed by atoms with van der Waals surface area (Å²) in [6, 6.07) is 1.50. The Labute approximate surface area is 98.5 Å². The van der Waals surface area contributed by atoms with Crippen molar-refractivity contribution in [3.63, 3.8) is 0 Å². The number of nitrogens with two attached hydrogens (primary N) is 1. The maximum Gasteiger partial charge on any atom is 0.351 e. The SMILES string of the molecule is CC(CO)OC(CS)n1ccc(N)nc1=O. The largest absolute Gasteiger partial charge is 0.394 e. The number of aliphatic hydroxyl groups excluding tert-OH is 1. The number of nitrogen functional groups attached to an aromatic ring is 1. The molecule has 0 radical (unpaired) electrons. The van der Waals surface area contributed by atoms with Gasteiger partial charge in [0.25, 0.3) is 0 Å². The zero-order valence-corrected chi connectivity index (χ0v) is 9.80. The van der Waals surface area contributed by atoms with Crippen molar-refractivity contribution in [2.24, 2.45) is 0 Å². The monoisotopic (exact) mass is 245 g/mol. The summed E-state index contributed by atoms with van der Waals surface area (Å²) in [5.41, 5.74) is 4.88. The van der Waals surface area contributed by atoms with Crippen molar-refractivity contribution >= 4 is 18.4 Å². The third-order valence-corrected chi connectivity index (χ3v) is 2.28. The molecule has 0 saturated carbocycles. The molecule has 0 aliphatic rings. The van der Waals surface area contributed by atoms with Gasteiger partial charge in [0, 0.05) is 11.9 Å². The van der Waals surface area contributed by atoms with Crippen molar-refractivity contribution in [2.75, 3.05) is 18.1 Å². The van der Waals surface area contributed by atoms with Gasteiger partial charge in [0.1, 0.15) is 12.0 Å². The average Bonchev–Trinajstić information content (AvgIpc) is 2.26. The van der Waals surface area contributed by atoms with Gasteiger partial charge >= 0.3 is 5.69 Å². The van der Waals surface area contributed by atoms with Crippen molar-refractivity contribution in [2.45, 2.75) is 19.3 Å². The van der Waals surface area contributed by atoms with Gasteiger partial charge in [-0.25, -0.2) is 4.79 Å². The predicted molar refractivity (Wildman–Crippen MR) is 63.4 cm³/mol. The van der Waals surface area contributed by atoms with Gasteiger partial charge < -0.3 is 15.6 Å². The first kappa shape index (κ1) is 13.0. The minimum atomic E-state index is -0.564. The van der Waals surface area contributed by atoms with Crippen LogP contribution in [0.25, 0.3) is 0 Å². The average molecular weight is 245 g/mol. The molecule has 16 heavy (non-hydrogen) atoms. The summed E-state index contributed by atoms with van der Waals surface area (Å²) < 4.78 is 6.70. The van der Waals surface area contributed by atoms with Crippen LogP contribution >= 0.6 is 12.6 Å². The summed E-state index contributed by atoms with van der Waals surface area (Å²) in [7, 11) is 0. The molecule has 1 heterocycles. The summed E-state index contributed by atoms with van der Waals surface area (Å²) in [5.74, 6) is 0.463. The van der Waals surface area contributed by atoms with Crippen molar-refractivity contribution in [1.29, 1.82) is 0 Å². The van der Waals surface area contributed by atoms with Gasteiger partial charge in [-0.3, -0.25) is 4.57 Å². The van der Waals surface area contributed by atoms with Crippen LogP contribution in [-0.4, -0.2) is 33.1 Å². The summed E-state index contributed by atoms with van der Waals surface area (Å²) >= 11 is 4.09. The van der Waals surface area contributed by atoms with E-state index in [4.69, 9.17) is 15.6 Å². The molecule has 0 bridgehead atoms. The lowest BCUT2D eigenvalue weighted by Gasteiger charge is -2.21. The molecule has 1 rings (SSSR count). The number of thiol groups is 1. The minimum absolute atomic E-state index is 0.124. The Balaban J connectivity index is 2.91. The first-order valence-corrected chi connectivity index (χ1v) is 5.43. The molecule has 6 nitrogen and oxygen atoms in total. The number of nitrogens with zero attached hydrogens (tertiary/aromatic N) is 2. The lowest BCUT2D eigenvalue weighted by Crippen LogP contribution is -2.32. The first-order chi connectivity index (χ1) is 7.58. The smallest absolute Gasteiger partial charge is 0.351 e. The molecule has 0 fully saturated rings. The second-order valence-electron chi connectivity index (χ2n) is 3.31. The second-order valence-corrected chi connectivity index (χ2v) is 3.67. The van der Waals surface area contributed by atoms with Crippen molar-refractivity contribution in [1.82, 2.24) is 9.55 Å². The van der Waals surface area contributed by atoms with Crippen LogP contribution in [-0.2, 0) is 4.74 Å². The quantitative estimate of drug-likeness (QED) is 0.617. The normalized spacial score (nSPS) is 14.7. The topological polar surface area (TPSA) is 90.4 Å². The Morgan fingerprint density at radius 3 is 2.94 bits per heavy atom. The van der Waals surface area contributed by atoms with E-state index in [9.17, 15) is 4.79 Å². The molecular formula is C9H15N3O3S. The Kier molecular flexibility index (Phi) is 4.78. The number of hydrogen-bond acceptors (Lipinski definition) is 6. The van der Waals surface area contributed by atoms with Crippen LogP contribution in [0.2, 0.25) is 0 Å². The molecule has 0 amide bonds. The van der Waals surface area contributed by atoms with E-state index in [2.05, 4.69) is 17.6 Å². The molecule has 1 aromatic rings. The lowest BCUT2D eigenvalue weighted by atomic mass is 10.4. The molecular weight excluding hydrogens is 230 g/mol. The second kappa shape index (κ2) is 5.88. The number of aromatic nitrogens is 2. The molecule has 7 heteroatoms. The molecule has 1 aromatic heterocycles. The molecule has 2 atom stereocenters. The Morgan fingerprint density at radius 2 is 2.44 bits per heavy atom. The van der Waals surface area contributed by atoms with E-state index >= 15 is 0 Å². The van der Waals surface area contributed by atoms with E-state index in [1.807, 2.05) is 0 Å². The maximum absolute atomic E-state index is 11.5. The molecule has 0 aromatic carbocycles. The van der Waals surface area contributed by atoms with Crippen LogP contribution in [0.15, 0.2) is 17.1 Å². The molecule has 3 N–H and O–H groups in total. The highest BCUT2D eigenvalue weighted by Gasteiger charge is 2.14. The highest BCUT2D eigenvalue weighted by molar-refractivity contribution is 7.80. The molecule has 2 unspecified atom stereocenters. The van der Waals surface area contributed by atoms with Crippen molar-refractivity contribution < 1.29 is 9.84 Å². The summed E-state index contributed by atoms with van der Waals surface area (Å²) in [6.45, 7) is 1.58. The predicted octanol–water partition coefficient (Wildman–Crippen LogP) is -0.349. The van der Waals surface area contributed by atoms with Crippen LogP contribution in [0.1, 0.15) is 13.2 Å². The summed E-state index contributed by atoms with van der Waals surface area (Å²) in [6.07, 6.45) is 0.558. The highest BCUT2D eigenvalue weighted by atomic mass is 32.1. The van der Waals surface area contributed by atoms with Gasteiger partial charge in [-0.1, -0.05) is 0 Å². The van der Waals surface area contributed by atoms with E-state index in [0.717, 1.165) is 0 Å². The standard InChI is InChI=1S/C9H15N3O3S/c1-6(4-13)15-8(5-16)12-3-2-7(10)11-9(12)14/h2-3,6,8,13,16H,4-5H2,1H3,(H2,10,11,14). The fourth-order valence-electron chi connectivity index (χ4n) is 1.15. The number of ether oxygens (including phenoxy) is 1. The van der Waals surface area contributed by atoms with Gasteiger partial charge in [-0.15, -0.1) is 0 Å². The maximum atomic E-state index is 11.5. The van der Waals surface area contributed by atoms with Crippen LogP contribution in [0.5, 0.6) is 0 Å². The van der Waals surface area contributed by atoms with Crippen LogP contribution in [0.3, 0.4) is 0 Å². The number of anilines is 1. The Bertz CT molecular complexity index is 396. The third kappa shape index (κ3) is 3.22. The van der Waals surface area contributed by atoms with Crippen molar-refractivity contribution in [3.05, 3.63) is 22.7 Å². The van der Waals surface area contributed by atoms with Gasteiger partial charge in [0.2, 0.25) is 0 Å². The zero-order chi connectivity index (χ0) is 12.1. The third-order valence-electron chi connectivity index (χ3n) is 1.96. The Hall–Kier alpha value is -1.05. The van der Waals surface area contributed by atoms with Crippen LogP contribution in [0, 0.1) is 0 Å². The van der Waals surface area contributed by atoms with E-state index in [0.29, 0.717) is 5.75 Å². The zero-order valence-electron chi connectivity index (χ0n) is 8.91. The van der Waals surface area contributed by atoms with E-state index < -0.39 is 11.9 Å². The number of rotatable bonds is 5. The fourth-order valence-corrected chi connectivity index (χ4v) is 1.41. The Morgan fingerprint density at radius 1 is 1.75 bits per heavy atom. The van der Waals surface area contributed by atoms with Gasteiger partial charge in [0.05, 0.1) is 12.7 Å². The van der Waals surface area contributed by atoms with E-state index in [1.54, 1.807) is 6.92 Å². The molecule has 90 valence electrons. The number of hydrogen-bond donors (Lipinski definition) is 3. The summed E-state index contributed by atoms with van der Waals surface area (Å²) in [5, 5.41) is 8.87. The number of aliphatic hydroxyl groups is 1. The van der Waals surface area contributed by atoms with Crippen LogP contribution < -0.4 is 11.4 Å². The highest BCUT2D eigenvalue weighted by Crippen LogP contribution is 2.10. The molecule has 0 aliphatic heterocycles. The first-order valence-electron chi connectivity index (χ1n) is 4.80. The molecule has 0 saturated heterocycles. The van der Waals surface area contributed by atoms with Gasteiger partial charge in [0.15, 0.2) is 0 Å². The van der Waals surface area contributed by atoms with Gasteiger partial charge in [-0.2, -0.15) is 17.6 Å². The molecule has 0 aliphatic carbocycles.